The van der Waals surface area contributed by atoms with Gasteiger partial charge in [0.25, 0.3) is 0 Å². The average molecular weight is 206 g/mol. The third-order valence-corrected chi connectivity index (χ3v) is 3.19. The Kier molecular flexibility index (Phi) is 2.96. The second-order valence-corrected chi connectivity index (χ2v) is 4.40. The van der Waals surface area contributed by atoms with Gasteiger partial charge in [0.2, 0.25) is 0 Å². The normalized spacial score (nSPS) is 18.3. The van der Waals surface area contributed by atoms with Crippen molar-refractivity contribution >= 4 is 0 Å². The van der Waals surface area contributed by atoms with Crippen LogP contribution >= 0.6 is 0 Å². The smallest absolute Gasteiger partial charge is 0.122 e. The molecule has 2 heteroatoms. The van der Waals surface area contributed by atoms with E-state index in [9.17, 15) is 0 Å². The molecule has 15 heavy (non-hydrogen) atoms. The molecule has 1 saturated heterocycles. The second-order valence-electron chi connectivity index (χ2n) is 4.40. The predicted molar refractivity (Wildman–Crippen MR) is 60.2 cm³/mol. The summed E-state index contributed by atoms with van der Waals surface area (Å²) in [6.45, 7) is 6.73. The van der Waals surface area contributed by atoms with Crippen molar-refractivity contribution in [3.63, 3.8) is 0 Å². The van der Waals surface area contributed by atoms with Crippen molar-refractivity contribution in [1.82, 2.24) is 0 Å². The third kappa shape index (κ3) is 2.15. The first-order valence-electron chi connectivity index (χ1n) is 5.52. The third-order valence-electron chi connectivity index (χ3n) is 3.19. The molecule has 0 aromatic heterocycles. The van der Waals surface area contributed by atoms with Crippen molar-refractivity contribution in [3.05, 3.63) is 29.8 Å². The van der Waals surface area contributed by atoms with Gasteiger partial charge in [0.1, 0.15) is 5.75 Å². The summed E-state index contributed by atoms with van der Waals surface area (Å²) in [5.74, 6) is 0.997. The minimum absolute atomic E-state index is 0.266. The molecule has 1 aliphatic rings. The van der Waals surface area contributed by atoms with Gasteiger partial charge >= 0.3 is 0 Å². The first kappa shape index (κ1) is 10.5. The van der Waals surface area contributed by atoms with E-state index in [4.69, 9.17) is 9.47 Å². The molecule has 1 aromatic rings. The van der Waals surface area contributed by atoms with Gasteiger partial charge in [-0.05, 0) is 25.0 Å². The van der Waals surface area contributed by atoms with Crippen LogP contribution in [0.3, 0.4) is 0 Å². The van der Waals surface area contributed by atoms with Gasteiger partial charge in [-0.15, -0.1) is 0 Å². The SMILES string of the molecule is CCC1(COc2ccccc2C)COC1. The number of aryl methyl sites for hydroxylation is 1. The molecule has 0 spiro atoms. The highest BCUT2D eigenvalue weighted by molar-refractivity contribution is 5.31. The molecule has 0 atom stereocenters. The highest BCUT2D eigenvalue weighted by Gasteiger charge is 2.37. The first-order valence-corrected chi connectivity index (χ1v) is 5.52. The van der Waals surface area contributed by atoms with Gasteiger partial charge in [-0.2, -0.15) is 0 Å². The predicted octanol–water partition coefficient (Wildman–Crippen LogP) is 2.80. The fourth-order valence-corrected chi connectivity index (χ4v) is 1.73. The molecule has 0 amide bonds. The number of hydrogen-bond donors (Lipinski definition) is 0. The highest BCUT2D eigenvalue weighted by Crippen LogP contribution is 2.32. The Morgan fingerprint density at radius 3 is 2.60 bits per heavy atom. The van der Waals surface area contributed by atoms with Crippen LogP contribution in [0.4, 0.5) is 0 Å². The summed E-state index contributed by atoms with van der Waals surface area (Å²) in [7, 11) is 0. The van der Waals surface area contributed by atoms with Gasteiger partial charge in [-0.25, -0.2) is 0 Å². The maximum absolute atomic E-state index is 5.85. The van der Waals surface area contributed by atoms with E-state index in [1.54, 1.807) is 0 Å². The Bertz CT molecular complexity index is 324. The summed E-state index contributed by atoms with van der Waals surface area (Å²) in [6, 6.07) is 8.14. The van der Waals surface area contributed by atoms with Crippen LogP contribution in [0.25, 0.3) is 0 Å². The number of ether oxygens (including phenoxy) is 2. The van der Waals surface area contributed by atoms with Crippen LogP contribution in [0.5, 0.6) is 5.75 Å². The lowest BCUT2D eigenvalue weighted by Crippen LogP contribution is -2.46. The maximum atomic E-state index is 5.85. The molecule has 1 aromatic carbocycles. The minimum Gasteiger partial charge on any atom is -0.493 e. The zero-order valence-corrected chi connectivity index (χ0v) is 9.45. The molecule has 82 valence electrons. The van der Waals surface area contributed by atoms with Gasteiger partial charge in [-0.1, -0.05) is 25.1 Å². The summed E-state index contributed by atoms with van der Waals surface area (Å²) in [4.78, 5) is 0. The van der Waals surface area contributed by atoms with Gasteiger partial charge in [0.15, 0.2) is 0 Å². The number of benzene rings is 1. The summed E-state index contributed by atoms with van der Waals surface area (Å²) in [6.07, 6.45) is 1.12. The molecule has 1 aliphatic heterocycles. The molecule has 2 rings (SSSR count). The van der Waals surface area contributed by atoms with Crippen molar-refractivity contribution < 1.29 is 9.47 Å². The van der Waals surface area contributed by atoms with Crippen LogP contribution in [0.2, 0.25) is 0 Å². The molecular formula is C13H18O2. The van der Waals surface area contributed by atoms with Gasteiger partial charge in [0.05, 0.1) is 25.2 Å². The molecule has 1 heterocycles. The highest BCUT2D eigenvalue weighted by atomic mass is 16.5. The Morgan fingerprint density at radius 2 is 2.07 bits per heavy atom. The molecular weight excluding hydrogens is 188 g/mol. The molecule has 0 aliphatic carbocycles. The van der Waals surface area contributed by atoms with Gasteiger partial charge < -0.3 is 9.47 Å². The topological polar surface area (TPSA) is 18.5 Å². The molecule has 1 fully saturated rings. The number of hydrogen-bond acceptors (Lipinski definition) is 2. The van der Waals surface area contributed by atoms with E-state index in [0.29, 0.717) is 0 Å². The molecule has 0 unspecified atom stereocenters. The molecule has 0 radical (unpaired) electrons. The van der Waals surface area contributed by atoms with Gasteiger partial charge in [-0.3, -0.25) is 0 Å². The molecule has 0 bridgehead atoms. The van der Waals surface area contributed by atoms with E-state index >= 15 is 0 Å². The number of para-hydroxylation sites is 1. The fourth-order valence-electron chi connectivity index (χ4n) is 1.73. The van der Waals surface area contributed by atoms with Crippen LogP contribution in [0.15, 0.2) is 24.3 Å². The maximum Gasteiger partial charge on any atom is 0.122 e. The summed E-state index contributed by atoms with van der Waals surface area (Å²) in [5.41, 5.74) is 1.46. The van der Waals surface area contributed by atoms with Crippen LogP contribution in [-0.4, -0.2) is 19.8 Å². The largest absolute Gasteiger partial charge is 0.493 e. The average Bonchev–Trinajstić information content (AvgIpc) is 2.19. The summed E-state index contributed by atoms with van der Waals surface area (Å²) in [5, 5.41) is 0. The molecule has 0 saturated carbocycles. The summed E-state index contributed by atoms with van der Waals surface area (Å²) < 4.78 is 11.1. The van der Waals surface area contributed by atoms with E-state index in [0.717, 1.165) is 32.0 Å². The Hall–Kier alpha value is -1.02. The van der Waals surface area contributed by atoms with E-state index < -0.39 is 0 Å². The van der Waals surface area contributed by atoms with Crippen molar-refractivity contribution in [3.8, 4) is 5.75 Å². The van der Waals surface area contributed by atoms with E-state index in [1.807, 2.05) is 18.2 Å². The molecule has 2 nitrogen and oxygen atoms in total. The van der Waals surface area contributed by atoms with Crippen LogP contribution < -0.4 is 4.74 Å². The van der Waals surface area contributed by atoms with Crippen LogP contribution in [-0.2, 0) is 4.74 Å². The minimum atomic E-state index is 0.266. The Balaban J connectivity index is 1.95. The Morgan fingerprint density at radius 1 is 1.33 bits per heavy atom. The molecule has 0 N–H and O–H groups in total. The lowest BCUT2D eigenvalue weighted by Gasteiger charge is -2.40. The van der Waals surface area contributed by atoms with E-state index in [1.165, 1.54) is 5.56 Å². The lowest BCUT2D eigenvalue weighted by molar-refractivity contribution is -0.133. The van der Waals surface area contributed by atoms with Crippen LogP contribution in [0.1, 0.15) is 18.9 Å². The fraction of sp³-hybridized carbons (Fsp3) is 0.538. The lowest BCUT2D eigenvalue weighted by atomic mass is 9.84. The quantitative estimate of drug-likeness (QED) is 0.754. The monoisotopic (exact) mass is 206 g/mol. The van der Waals surface area contributed by atoms with Crippen molar-refractivity contribution in [1.29, 1.82) is 0 Å². The van der Waals surface area contributed by atoms with E-state index in [-0.39, 0.29) is 5.41 Å². The second kappa shape index (κ2) is 4.23. The summed E-state index contributed by atoms with van der Waals surface area (Å²) >= 11 is 0. The number of rotatable bonds is 4. The van der Waals surface area contributed by atoms with Crippen LogP contribution in [0, 0.1) is 12.3 Å². The zero-order valence-electron chi connectivity index (χ0n) is 9.45. The van der Waals surface area contributed by atoms with E-state index in [2.05, 4.69) is 19.9 Å². The first-order chi connectivity index (χ1) is 7.26. The van der Waals surface area contributed by atoms with Gasteiger partial charge in [0, 0.05) is 0 Å². The standard InChI is InChI=1S/C13H18O2/c1-3-13(8-14-9-13)10-15-12-7-5-4-6-11(12)2/h4-7H,3,8-10H2,1-2H3. The van der Waals surface area contributed by atoms with Crippen molar-refractivity contribution in [2.45, 2.75) is 20.3 Å². The van der Waals surface area contributed by atoms with Crippen molar-refractivity contribution in [2.24, 2.45) is 5.41 Å². The zero-order chi connectivity index (χ0) is 10.7. The Labute approximate surface area is 91.2 Å². The van der Waals surface area contributed by atoms with Crippen molar-refractivity contribution in [2.75, 3.05) is 19.8 Å².